The van der Waals surface area contributed by atoms with Crippen LogP contribution in [0, 0.1) is 5.41 Å². The van der Waals surface area contributed by atoms with Crippen molar-refractivity contribution in [1.82, 2.24) is 35.1 Å². The number of pyridine rings is 3. The van der Waals surface area contributed by atoms with Gasteiger partial charge in [-0.3, -0.25) is 19.9 Å². The van der Waals surface area contributed by atoms with Gasteiger partial charge >= 0.3 is 0 Å². The molecular formula is C30H28N8O2. The first-order chi connectivity index (χ1) is 19.3. The van der Waals surface area contributed by atoms with Crippen LogP contribution in [0.3, 0.4) is 0 Å². The fourth-order valence-electron chi connectivity index (χ4n) is 4.61. The Morgan fingerprint density at radius 1 is 0.925 bits per heavy atom. The minimum absolute atomic E-state index is 0.0559. The van der Waals surface area contributed by atoms with Gasteiger partial charge in [0.15, 0.2) is 11.5 Å². The van der Waals surface area contributed by atoms with Gasteiger partial charge in [0.2, 0.25) is 5.91 Å². The number of hydrogen-bond acceptors (Lipinski definition) is 7. The smallest absolute Gasteiger partial charge is 0.224 e. The van der Waals surface area contributed by atoms with Crippen molar-refractivity contribution in [2.24, 2.45) is 5.41 Å². The van der Waals surface area contributed by atoms with E-state index in [-0.39, 0.29) is 11.3 Å². The summed E-state index contributed by atoms with van der Waals surface area (Å²) in [7, 11) is 1.64. The van der Waals surface area contributed by atoms with Gasteiger partial charge in [0, 0.05) is 29.9 Å². The first-order valence-corrected chi connectivity index (χ1v) is 12.9. The van der Waals surface area contributed by atoms with E-state index in [4.69, 9.17) is 14.7 Å². The number of carbonyl (C=O) groups is 1. The standard InChI is InChI=1S/C30H28N8O2/c1-30(2,3)12-25(39)33-19-10-18(13-31-14-19)22-8-9-23-27(34-22)28(38-37-23)29-35-24-16-32-15-21(26(24)36-29)17-6-5-7-20(11-17)40-4/h5-11,13-16H,12H2,1-4H3,(H,33,39)(H,35,36)(H,37,38). The lowest BCUT2D eigenvalue weighted by atomic mass is 9.92. The van der Waals surface area contributed by atoms with E-state index in [2.05, 4.69) is 30.5 Å². The van der Waals surface area contributed by atoms with Gasteiger partial charge in [0.1, 0.15) is 11.3 Å². The van der Waals surface area contributed by atoms with E-state index in [1.165, 1.54) is 0 Å². The van der Waals surface area contributed by atoms with Gasteiger partial charge in [-0.2, -0.15) is 5.10 Å². The molecule has 10 nitrogen and oxygen atoms in total. The Balaban J connectivity index is 1.36. The van der Waals surface area contributed by atoms with Crippen molar-refractivity contribution in [3.63, 3.8) is 0 Å². The number of H-pyrrole nitrogens is 2. The molecule has 0 radical (unpaired) electrons. The molecule has 5 aromatic heterocycles. The van der Waals surface area contributed by atoms with Crippen molar-refractivity contribution in [1.29, 1.82) is 0 Å². The first kappa shape index (κ1) is 25.2. The Morgan fingerprint density at radius 3 is 2.60 bits per heavy atom. The van der Waals surface area contributed by atoms with Crippen molar-refractivity contribution in [3.05, 3.63) is 67.3 Å². The molecule has 0 bridgehead atoms. The molecule has 0 aliphatic carbocycles. The number of ether oxygens (including phenoxy) is 1. The largest absolute Gasteiger partial charge is 0.497 e. The third kappa shape index (κ3) is 4.98. The quantitative estimate of drug-likeness (QED) is 0.239. The second-order valence-electron chi connectivity index (χ2n) is 10.8. The average Bonchev–Trinajstić information content (AvgIpc) is 3.55. The zero-order valence-electron chi connectivity index (χ0n) is 22.6. The van der Waals surface area contributed by atoms with Crippen LogP contribution in [0.4, 0.5) is 5.69 Å². The zero-order valence-corrected chi connectivity index (χ0v) is 22.6. The Bertz CT molecular complexity index is 1870. The zero-order chi connectivity index (χ0) is 27.9. The molecule has 6 aromatic rings. The second-order valence-corrected chi connectivity index (χ2v) is 10.8. The molecular weight excluding hydrogens is 504 g/mol. The highest BCUT2D eigenvalue weighted by atomic mass is 16.5. The molecule has 0 saturated carbocycles. The summed E-state index contributed by atoms with van der Waals surface area (Å²) in [5.41, 5.74) is 7.39. The van der Waals surface area contributed by atoms with Crippen molar-refractivity contribution in [3.8, 4) is 39.7 Å². The van der Waals surface area contributed by atoms with E-state index in [1.54, 1.807) is 31.9 Å². The first-order valence-electron chi connectivity index (χ1n) is 12.9. The molecule has 0 saturated heterocycles. The van der Waals surface area contributed by atoms with E-state index >= 15 is 0 Å². The predicted molar refractivity (Wildman–Crippen MR) is 155 cm³/mol. The number of imidazole rings is 1. The summed E-state index contributed by atoms with van der Waals surface area (Å²) in [6, 6.07) is 13.5. The minimum atomic E-state index is -0.110. The summed E-state index contributed by atoms with van der Waals surface area (Å²) in [6.07, 6.45) is 7.30. The Hall–Kier alpha value is -5.12. The number of aromatic nitrogens is 7. The van der Waals surface area contributed by atoms with E-state index in [0.717, 1.165) is 39.0 Å². The normalized spacial score (nSPS) is 11.7. The van der Waals surface area contributed by atoms with Crippen LogP contribution in [0.5, 0.6) is 5.75 Å². The number of fused-ring (bicyclic) bond motifs is 2. The summed E-state index contributed by atoms with van der Waals surface area (Å²) >= 11 is 0. The average molecular weight is 533 g/mol. The van der Waals surface area contributed by atoms with Crippen LogP contribution in [0.1, 0.15) is 27.2 Å². The van der Waals surface area contributed by atoms with Gasteiger partial charge in [-0.05, 0) is 41.3 Å². The summed E-state index contributed by atoms with van der Waals surface area (Å²) < 4.78 is 5.40. The topological polar surface area (TPSA) is 134 Å². The molecule has 1 aromatic carbocycles. The SMILES string of the molecule is COc1cccc(-c2cncc3[nH]c(-c4n[nH]c5ccc(-c6cncc(NC(=O)CC(C)(C)C)c6)nc45)nc23)c1. The number of hydrogen-bond donors (Lipinski definition) is 3. The molecule has 1 amide bonds. The van der Waals surface area contributed by atoms with Crippen LogP contribution in [-0.4, -0.2) is 48.1 Å². The second kappa shape index (κ2) is 9.88. The summed E-state index contributed by atoms with van der Waals surface area (Å²) in [6.45, 7) is 6.09. The van der Waals surface area contributed by atoms with Crippen LogP contribution in [0.15, 0.2) is 67.3 Å². The third-order valence-corrected chi connectivity index (χ3v) is 6.42. The molecule has 5 heterocycles. The van der Waals surface area contributed by atoms with E-state index in [1.807, 2.05) is 63.2 Å². The van der Waals surface area contributed by atoms with Crippen molar-refractivity contribution in [2.45, 2.75) is 27.2 Å². The fourth-order valence-corrected chi connectivity index (χ4v) is 4.61. The molecule has 0 fully saturated rings. The third-order valence-electron chi connectivity index (χ3n) is 6.42. The maximum absolute atomic E-state index is 12.4. The van der Waals surface area contributed by atoms with Crippen LogP contribution in [-0.2, 0) is 4.79 Å². The summed E-state index contributed by atoms with van der Waals surface area (Å²) in [5, 5.41) is 10.5. The monoisotopic (exact) mass is 532 g/mol. The van der Waals surface area contributed by atoms with Gasteiger partial charge in [-0.15, -0.1) is 0 Å². The Kier molecular flexibility index (Phi) is 6.22. The predicted octanol–water partition coefficient (Wildman–Crippen LogP) is 6.01. The Morgan fingerprint density at radius 2 is 1.77 bits per heavy atom. The number of methoxy groups -OCH3 is 1. The number of aromatic amines is 2. The maximum Gasteiger partial charge on any atom is 0.224 e. The molecule has 3 N–H and O–H groups in total. The summed E-state index contributed by atoms with van der Waals surface area (Å²) in [5.74, 6) is 1.27. The van der Waals surface area contributed by atoms with Gasteiger partial charge in [0.05, 0.1) is 47.4 Å². The van der Waals surface area contributed by atoms with Crippen molar-refractivity contribution < 1.29 is 9.53 Å². The number of benzene rings is 1. The Labute approximate surface area is 230 Å². The van der Waals surface area contributed by atoms with Crippen LogP contribution >= 0.6 is 0 Å². The number of amides is 1. The number of carbonyl (C=O) groups excluding carboxylic acids is 1. The molecule has 10 heteroatoms. The molecule has 0 aliphatic heterocycles. The lowest BCUT2D eigenvalue weighted by Gasteiger charge is -2.17. The molecule has 6 rings (SSSR count). The van der Waals surface area contributed by atoms with E-state index in [0.29, 0.717) is 34.8 Å². The van der Waals surface area contributed by atoms with Crippen LogP contribution in [0.2, 0.25) is 0 Å². The number of nitrogens with one attached hydrogen (secondary N) is 3. The van der Waals surface area contributed by atoms with Gasteiger partial charge in [-0.1, -0.05) is 32.9 Å². The fraction of sp³-hybridized carbons (Fsp3) is 0.200. The lowest BCUT2D eigenvalue weighted by Crippen LogP contribution is -2.19. The molecule has 0 unspecified atom stereocenters. The van der Waals surface area contributed by atoms with Gasteiger partial charge in [0.25, 0.3) is 0 Å². The van der Waals surface area contributed by atoms with Crippen molar-refractivity contribution in [2.75, 3.05) is 12.4 Å². The van der Waals surface area contributed by atoms with E-state index < -0.39 is 0 Å². The van der Waals surface area contributed by atoms with Crippen LogP contribution in [0.25, 0.3) is 56.0 Å². The van der Waals surface area contributed by atoms with Gasteiger partial charge in [-0.25, -0.2) is 9.97 Å². The molecule has 200 valence electrons. The number of anilines is 1. The number of rotatable bonds is 6. The summed E-state index contributed by atoms with van der Waals surface area (Å²) in [4.78, 5) is 34.3. The van der Waals surface area contributed by atoms with E-state index in [9.17, 15) is 4.79 Å². The highest BCUT2D eigenvalue weighted by molar-refractivity contribution is 5.96. The molecule has 0 aliphatic rings. The van der Waals surface area contributed by atoms with Crippen molar-refractivity contribution >= 4 is 33.7 Å². The molecule has 0 spiro atoms. The molecule has 40 heavy (non-hydrogen) atoms. The highest BCUT2D eigenvalue weighted by Gasteiger charge is 2.19. The number of nitrogens with zero attached hydrogens (tertiary/aromatic N) is 5. The van der Waals surface area contributed by atoms with Gasteiger partial charge < -0.3 is 15.0 Å². The highest BCUT2D eigenvalue weighted by Crippen LogP contribution is 2.32. The lowest BCUT2D eigenvalue weighted by molar-refractivity contribution is -0.117. The maximum atomic E-state index is 12.4. The van der Waals surface area contributed by atoms with Crippen LogP contribution < -0.4 is 10.1 Å². The minimum Gasteiger partial charge on any atom is -0.497 e. The molecule has 0 atom stereocenters.